The summed E-state index contributed by atoms with van der Waals surface area (Å²) in [7, 11) is 0. The summed E-state index contributed by atoms with van der Waals surface area (Å²) in [6, 6.07) is 3.96. The number of H-pyrrole nitrogens is 1. The van der Waals surface area contributed by atoms with Gasteiger partial charge in [0.05, 0.1) is 5.69 Å². The molecule has 1 amide bonds. The molecule has 0 saturated heterocycles. The summed E-state index contributed by atoms with van der Waals surface area (Å²) in [5.41, 5.74) is 3.19. The largest absolute Gasteiger partial charge is 0.309 e. The van der Waals surface area contributed by atoms with Crippen LogP contribution in [0.5, 0.6) is 0 Å². The molecule has 0 aromatic carbocycles. The molecule has 1 aliphatic rings. The number of nitrogens with one attached hydrogen (secondary N) is 2. The normalized spacial score (nSPS) is 15.0. The van der Waals surface area contributed by atoms with E-state index in [2.05, 4.69) is 20.6 Å². The van der Waals surface area contributed by atoms with Gasteiger partial charge in [-0.3, -0.25) is 14.6 Å². The first-order valence-electron chi connectivity index (χ1n) is 7.48. The summed E-state index contributed by atoms with van der Waals surface area (Å²) in [5, 5.41) is 14.4. The van der Waals surface area contributed by atoms with E-state index in [0.717, 1.165) is 17.1 Å². The van der Waals surface area contributed by atoms with Gasteiger partial charge in [0.15, 0.2) is 5.82 Å². The van der Waals surface area contributed by atoms with Crippen LogP contribution in [-0.2, 0) is 11.3 Å². The molecule has 112 valence electrons. The van der Waals surface area contributed by atoms with Crippen molar-refractivity contribution in [2.75, 3.05) is 5.32 Å². The number of nitrogens with zero attached hydrogens (tertiary/aromatic N) is 3. The molecule has 1 fully saturated rings. The zero-order valence-corrected chi connectivity index (χ0v) is 12.5. The standard InChI is InChI=1S/C15H21N5O/c1-10-8-11(2)20(19-10)7-6-15(21)16-14-9-13(17-18-14)12-4-3-5-12/h8-9,12H,3-7H2,1-2H3,(H2,16,17,18,21). The summed E-state index contributed by atoms with van der Waals surface area (Å²) < 4.78 is 1.86. The maximum atomic E-state index is 12.0. The van der Waals surface area contributed by atoms with Crippen molar-refractivity contribution in [3.63, 3.8) is 0 Å². The van der Waals surface area contributed by atoms with Crippen LogP contribution in [-0.4, -0.2) is 25.9 Å². The second-order valence-corrected chi connectivity index (χ2v) is 5.78. The summed E-state index contributed by atoms with van der Waals surface area (Å²) >= 11 is 0. The van der Waals surface area contributed by atoms with E-state index in [1.165, 1.54) is 19.3 Å². The fourth-order valence-corrected chi connectivity index (χ4v) is 2.64. The van der Waals surface area contributed by atoms with Crippen LogP contribution in [0.3, 0.4) is 0 Å². The van der Waals surface area contributed by atoms with Crippen LogP contribution >= 0.6 is 0 Å². The van der Waals surface area contributed by atoms with Crippen molar-refractivity contribution in [3.8, 4) is 0 Å². The Hall–Kier alpha value is -2.11. The molecular formula is C15H21N5O. The summed E-state index contributed by atoms with van der Waals surface area (Å²) in [6.07, 6.45) is 4.11. The molecular weight excluding hydrogens is 266 g/mol. The van der Waals surface area contributed by atoms with Crippen molar-refractivity contribution >= 4 is 11.7 Å². The number of carbonyl (C=O) groups excluding carboxylic acids is 1. The van der Waals surface area contributed by atoms with Crippen LogP contribution in [0.1, 0.15) is 48.7 Å². The van der Waals surface area contributed by atoms with Crippen LogP contribution in [0.25, 0.3) is 0 Å². The molecule has 21 heavy (non-hydrogen) atoms. The van der Waals surface area contributed by atoms with Gasteiger partial charge >= 0.3 is 0 Å². The number of amides is 1. The number of anilines is 1. The second kappa shape index (κ2) is 5.71. The van der Waals surface area contributed by atoms with E-state index < -0.39 is 0 Å². The van der Waals surface area contributed by atoms with E-state index in [1.807, 2.05) is 30.7 Å². The van der Waals surface area contributed by atoms with Crippen molar-refractivity contribution in [1.82, 2.24) is 20.0 Å². The maximum Gasteiger partial charge on any atom is 0.227 e. The molecule has 6 nitrogen and oxygen atoms in total. The predicted octanol–water partition coefficient (Wildman–Crippen LogP) is 2.52. The Kier molecular flexibility index (Phi) is 3.77. The number of hydrogen-bond donors (Lipinski definition) is 2. The number of aryl methyl sites for hydroxylation is 3. The molecule has 2 aromatic heterocycles. The third kappa shape index (κ3) is 3.15. The number of aromatic nitrogens is 4. The molecule has 0 bridgehead atoms. The van der Waals surface area contributed by atoms with Crippen molar-refractivity contribution in [3.05, 3.63) is 29.2 Å². The highest BCUT2D eigenvalue weighted by molar-refractivity contribution is 5.89. The molecule has 2 aromatic rings. The summed E-state index contributed by atoms with van der Waals surface area (Å²) in [4.78, 5) is 12.0. The average molecular weight is 287 g/mol. The first-order valence-corrected chi connectivity index (χ1v) is 7.48. The minimum Gasteiger partial charge on any atom is -0.309 e. The van der Waals surface area contributed by atoms with E-state index in [4.69, 9.17) is 0 Å². The Labute approximate surface area is 123 Å². The van der Waals surface area contributed by atoms with Gasteiger partial charge in [0.1, 0.15) is 0 Å². The van der Waals surface area contributed by atoms with Gasteiger partial charge in [0.2, 0.25) is 5.91 Å². The lowest BCUT2D eigenvalue weighted by molar-refractivity contribution is -0.116. The number of hydrogen-bond acceptors (Lipinski definition) is 3. The van der Waals surface area contributed by atoms with Crippen molar-refractivity contribution in [2.45, 2.75) is 52.0 Å². The fourth-order valence-electron chi connectivity index (χ4n) is 2.64. The minimum absolute atomic E-state index is 0.0331. The Morgan fingerprint density at radius 1 is 1.43 bits per heavy atom. The number of carbonyl (C=O) groups is 1. The molecule has 2 N–H and O–H groups in total. The number of aromatic amines is 1. The zero-order valence-electron chi connectivity index (χ0n) is 12.5. The van der Waals surface area contributed by atoms with Crippen LogP contribution in [0.15, 0.2) is 12.1 Å². The Morgan fingerprint density at radius 2 is 2.24 bits per heavy atom. The van der Waals surface area contributed by atoms with Gasteiger partial charge in [-0.25, -0.2) is 0 Å². The average Bonchev–Trinajstić information content (AvgIpc) is 2.92. The highest BCUT2D eigenvalue weighted by Crippen LogP contribution is 2.35. The summed E-state index contributed by atoms with van der Waals surface area (Å²) in [6.45, 7) is 4.54. The van der Waals surface area contributed by atoms with Crippen molar-refractivity contribution in [1.29, 1.82) is 0 Å². The first kappa shape index (κ1) is 13.9. The van der Waals surface area contributed by atoms with Gasteiger partial charge in [0.25, 0.3) is 0 Å². The lowest BCUT2D eigenvalue weighted by Crippen LogP contribution is -2.15. The molecule has 0 unspecified atom stereocenters. The zero-order chi connectivity index (χ0) is 14.8. The molecule has 0 aliphatic heterocycles. The third-order valence-electron chi connectivity index (χ3n) is 4.06. The third-order valence-corrected chi connectivity index (χ3v) is 4.06. The van der Waals surface area contributed by atoms with Gasteiger partial charge in [-0.2, -0.15) is 10.2 Å². The molecule has 0 spiro atoms. The van der Waals surface area contributed by atoms with E-state index in [1.54, 1.807) is 0 Å². The fraction of sp³-hybridized carbons (Fsp3) is 0.533. The quantitative estimate of drug-likeness (QED) is 0.887. The van der Waals surface area contributed by atoms with Gasteiger partial charge in [-0.05, 0) is 32.8 Å². The highest BCUT2D eigenvalue weighted by atomic mass is 16.1. The monoisotopic (exact) mass is 287 g/mol. The van der Waals surface area contributed by atoms with E-state index >= 15 is 0 Å². The number of rotatable bonds is 5. The van der Waals surface area contributed by atoms with Crippen LogP contribution in [0, 0.1) is 13.8 Å². The molecule has 3 rings (SSSR count). The highest BCUT2D eigenvalue weighted by Gasteiger charge is 2.21. The van der Waals surface area contributed by atoms with E-state index in [0.29, 0.717) is 24.7 Å². The SMILES string of the molecule is Cc1cc(C)n(CCC(=O)Nc2cc(C3CCC3)[nH]n2)n1. The van der Waals surface area contributed by atoms with Crippen molar-refractivity contribution in [2.24, 2.45) is 0 Å². The van der Waals surface area contributed by atoms with Gasteiger partial charge in [-0.1, -0.05) is 6.42 Å². The molecule has 2 heterocycles. The van der Waals surface area contributed by atoms with Gasteiger partial charge < -0.3 is 5.32 Å². The Morgan fingerprint density at radius 3 is 2.86 bits per heavy atom. The van der Waals surface area contributed by atoms with Crippen LogP contribution in [0.4, 0.5) is 5.82 Å². The lowest BCUT2D eigenvalue weighted by Gasteiger charge is -2.23. The van der Waals surface area contributed by atoms with Crippen LogP contribution < -0.4 is 5.32 Å². The van der Waals surface area contributed by atoms with Crippen LogP contribution in [0.2, 0.25) is 0 Å². The van der Waals surface area contributed by atoms with E-state index in [-0.39, 0.29) is 5.91 Å². The van der Waals surface area contributed by atoms with Crippen molar-refractivity contribution < 1.29 is 4.79 Å². The Balaban J connectivity index is 1.51. The minimum atomic E-state index is -0.0331. The smallest absolute Gasteiger partial charge is 0.227 e. The topological polar surface area (TPSA) is 75.6 Å². The molecule has 1 saturated carbocycles. The lowest BCUT2D eigenvalue weighted by atomic mass is 9.83. The summed E-state index contributed by atoms with van der Waals surface area (Å²) in [5.74, 6) is 1.18. The second-order valence-electron chi connectivity index (χ2n) is 5.78. The van der Waals surface area contributed by atoms with E-state index in [9.17, 15) is 4.79 Å². The predicted molar refractivity (Wildman–Crippen MR) is 80.1 cm³/mol. The maximum absolute atomic E-state index is 12.0. The first-order chi connectivity index (χ1) is 10.1. The van der Waals surface area contributed by atoms with Gasteiger partial charge in [-0.15, -0.1) is 0 Å². The van der Waals surface area contributed by atoms with Gasteiger partial charge in [0, 0.05) is 36.3 Å². The Bertz CT molecular complexity index is 638. The molecule has 1 aliphatic carbocycles. The molecule has 0 radical (unpaired) electrons. The molecule has 0 atom stereocenters. The molecule has 6 heteroatoms.